The lowest BCUT2D eigenvalue weighted by atomic mass is 9.96. The zero-order valence-corrected chi connectivity index (χ0v) is 11.7. The van der Waals surface area contributed by atoms with E-state index in [4.69, 9.17) is 10.5 Å². The highest BCUT2D eigenvalue weighted by Crippen LogP contribution is 2.29. The lowest BCUT2D eigenvalue weighted by Crippen LogP contribution is -2.59. The third-order valence-corrected chi connectivity index (χ3v) is 3.06. The largest absolute Gasteiger partial charge is 0.367 e. The van der Waals surface area contributed by atoms with Crippen molar-refractivity contribution in [3.63, 3.8) is 0 Å². The molecule has 1 saturated heterocycles. The molecule has 1 heterocycles. The molecule has 3 nitrogen and oxygen atoms in total. The molecule has 1 aliphatic rings. The summed E-state index contributed by atoms with van der Waals surface area (Å²) < 4.78 is 6.07. The Labute approximate surface area is 100 Å². The summed E-state index contributed by atoms with van der Waals surface area (Å²) in [5.41, 5.74) is 5.75. The standard InChI is InChI=1S/C13H28N2O/c1-10(14)7-11(2)15-8-12(3,4)16-13(5,6)9-15/h10-11H,7-9,14H2,1-6H3. The summed E-state index contributed by atoms with van der Waals surface area (Å²) in [6.07, 6.45) is 1.05. The van der Waals surface area contributed by atoms with Crippen molar-refractivity contribution in [2.75, 3.05) is 13.1 Å². The van der Waals surface area contributed by atoms with Crippen molar-refractivity contribution in [3.8, 4) is 0 Å². The van der Waals surface area contributed by atoms with Crippen LogP contribution in [0.1, 0.15) is 48.0 Å². The topological polar surface area (TPSA) is 38.5 Å². The third kappa shape index (κ3) is 4.04. The Balaban J connectivity index is 2.66. The SMILES string of the molecule is CC(N)CC(C)N1CC(C)(C)OC(C)(C)C1. The Kier molecular flexibility index (Phi) is 4.04. The van der Waals surface area contributed by atoms with Gasteiger partial charge in [0.25, 0.3) is 0 Å². The van der Waals surface area contributed by atoms with Gasteiger partial charge in [0.2, 0.25) is 0 Å². The zero-order valence-electron chi connectivity index (χ0n) is 11.7. The van der Waals surface area contributed by atoms with Crippen molar-refractivity contribution < 1.29 is 4.74 Å². The molecule has 1 fully saturated rings. The van der Waals surface area contributed by atoms with Gasteiger partial charge in [-0.25, -0.2) is 0 Å². The molecular weight excluding hydrogens is 200 g/mol. The summed E-state index contributed by atoms with van der Waals surface area (Å²) in [7, 11) is 0. The maximum Gasteiger partial charge on any atom is 0.0760 e. The molecule has 0 aromatic carbocycles. The molecule has 1 aliphatic heterocycles. The number of nitrogens with two attached hydrogens (primary N) is 1. The minimum atomic E-state index is -0.0617. The minimum absolute atomic E-state index is 0.0617. The molecule has 0 radical (unpaired) electrons. The first-order valence-electron chi connectivity index (χ1n) is 6.31. The maximum atomic E-state index is 6.07. The van der Waals surface area contributed by atoms with E-state index in [9.17, 15) is 0 Å². The highest BCUT2D eigenvalue weighted by molar-refractivity contribution is 4.91. The molecule has 0 aromatic rings. The van der Waals surface area contributed by atoms with E-state index in [-0.39, 0.29) is 17.2 Å². The molecule has 0 amide bonds. The number of hydrogen-bond acceptors (Lipinski definition) is 3. The van der Waals surface area contributed by atoms with Crippen LogP contribution in [-0.4, -0.2) is 41.3 Å². The fourth-order valence-electron chi connectivity index (χ4n) is 2.85. The monoisotopic (exact) mass is 228 g/mol. The molecule has 2 N–H and O–H groups in total. The van der Waals surface area contributed by atoms with Crippen molar-refractivity contribution >= 4 is 0 Å². The second kappa shape index (κ2) is 4.63. The second-order valence-electron chi connectivity index (χ2n) is 6.59. The average molecular weight is 228 g/mol. The van der Waals surface area contributed by atoms with Gasteiger partial charge in [0, 0.05) is 25.2 Å². The number of hydrogen-bond donors (Lipinski definition) is 1. The fourth-order valence-corrected chi connectivity index (χ4v) is 2.85. The van der Waals surface area contributed by atoms with Gasteiger partial charge in [-0.1, -0.05) is 0 Å². The number of ether oxygens (including phenoxy) is 1. The van der Waals surface area contributed by atoms with Crippen LogP contribution in [0.4, 0.5) is 0 Å². The molecule has 0 aliphatic carbocycles. The minimum Gasteiger partial charge on any atom is -0.367 e. The lowest BCUT2D eigenvalue weighted by molar-refractivity contribution is -0.187. The molecule has 1 rings (SSSR count). The summed E-state index contributed by atoms with van der Waals surface area (Å²) in [5.74, 6) is 0. The van der Waals surface area contributed by atoms with E-state index in [2.05, 4.69) is 46.4 Å². The lowest BCUT2D eigenvalue weighted by Gasteiger charge is -2.49. The first kappa shape index (κ1) is 13.9. The van der Waals surface area contributed by atoms with Gasteiger partial charge in [-0.3, -0.25) is 4.90 Å². The first-order valence-corrected chi connectivity index (χ1v) is 6.31. The Hall–Kier alpha value is -0.120. The van der Waals surface area contributed by atoms with Crippen molar-refractivity contribution in [2.24, 2.45) is 5.73 Å². The van der Waals surface area contributed by atoms with E-state index in [0.29, 0.717) is 6.04 Å². The highest BCUT2D eigenvalue weighted by atomic mass is 16.5. The number of nitrogens with zero attached hydrogens (tertiary/aromatic N) is 1. The van der Waals surface area contributed by atoms with Crippen LogP contribution in [0.25, 0.3) is 0 Å². The molecule has 3 heteroatoms. The molecule has 16 heavy (non-hydrogen) atoms. The van der Waals surface area contributed by atoms with Crippen LogP contribution in [0.15, 0.2) is 0 Å². The molecule has 2 unspecified atom stereocenters. The summed E-state index contributed by atoms with van der Waals surface area (Å²) in [6.45, 7) is 15.0. The average Bonchev–Trinajstić information content (AvgIpc) is 1.96. The van der Waals surface area contributed by atoms with Crippen LogP contribution >= 0.6 is 0 Å². The van der Waals surface area contributed by atoms with Gasteiger partial charge in [-0.2, -0.15) is 0 Å². The molecule has 0 saturated carbocycles. The predicted octanol–water partition coefficient (Wildman–Crippen LogP) is 2.00. The quantitative estimate of drug-likeness (QED) is 0.803. The molecule has 2 atom stereocenters. The third-order valence-electron chi connectivity index (χ3n) is 3.06. The van der Waals surface area contributed by atoms with Crippen molar-refractivity contribution in [1.82, 2.24) is 4.90 Å². The number of rotatable bonds is 3. The van der Waals surface area contributed by atoms with Gasteiger partial charge < -0.3 is 10.5 Å². The van der Waals surface area contributed by atoms with E-state index in [0.717, 1.165) is 19.5 Å². The van der Waals surface area contributed by atoms with Crippen LogP contribution in [0.2, 0.25) is 0 Å². The Morgan fingerprint density at radius 3 is 1.94 bits per heavy atom. The summed E-state index contributed by atoms with van der Waals surface area (Å²) in [4.78, 5) is 2.51. The number of morpholine rings is 1. The van der Waals surface area contributed by atoms with Crippen LogP contribution < -0.4 is 5.73 Å². The smallest absolute Gasteiger partial charge is 0.0760 e. The summed E-state index contributed by atoms with van der Waals surface area (Å²) in [6, 6.07) is 0.798. The van der Waals surface area contributed by atoms with E-state index in [1.54, 1.807) is 0 Å². The van der Waals surface area contributed by atoms with E-state index in [1.165, 1.54) is 0 Å². The van der Waals surface area contributed by atoms with E-state index < -0.39 is 0 Å². The fraction of sp³-hybridized carbons (Fsp3) is 1.00. The Morgan fingerprint density at radius 1 is 1.12 bits per heavy atom. The van der Waals surface area contributed by atoms with Gasteiger partial charge in [0.05, 0.1) is 11.2 Å². The molecular formula is C13H28N2O. The van der Waals surface area contributed by atoms with Crippen LogP contribution in [0.3, 0.4) is 0 Å². The Morgan fingerprint density at radius 2 is 1.56 bits per heavy atom. The first-order chi connectivity index (χ1) is 7.11. The van der Waals surface area contributed by atoms with Gasteiger partial charge in [-0.15, -0.1) is 0 Å². The molecule has 96 valence electrons. The van der Waals surface area contributed by atoms with Gasteiger partial charge >= 0.3 is 0 Å². The van der Waals surface area contributed by atoms with Crippen molar-refractivity contribution in [2.45, 2.75) is 71.2 Å². The van der Waals surface area contributed by atoms with Crippen molar-refractivity contribution in [1.29, 1.82) is 0 Å². The van der Waals surface area contributed by atoms with Gasteiger partial charge in [-0.05, 0) is 48.0 Å². The Bertz CT molecular complexity index is 220. The molecule has 0 bridgehead atoms. The zero-order chi connectivity index (χ0) is 12.6. The highest BCUT2D eigenvalue weighted by Gasteiger charge is 2.39. The van der Waals surface area contributed by atoms with Gasteiger partial charge in [0.15, 0.2) is 0 Å². The van der Waals surface area contributed by atoms with Crippen LogP contribution in [0.5, 0.6) is 0 Å². The molecule has 0 aromatic heterocycles. The maximum absolute atomic E-state index is 6.07. The van der Waals surface area contributed by atoms with Gasteiger partial charge in [0.1, 0.15) is 0 Å². The molecule has 0 spiro atoms. The van der Waals surface area contributed by atoms with Crippen LogP contribution in [0, 0.1) is 0 Å². The van der Waals surface area contributed by atoms with E-state index in [1.807, 2.05) is 0 Å². The predicted molar refractivity (Wildman–Crippen MR) is 68.5 cm³/mol. The normalized spacial score (nSPS) is 28.7. The summed E-state index contributed by atoms with van der Waals surface area (Å²) >= 11 is 0. The summed E-state index contributed by atoms with van der Waals surface area (Å²) in [5, 5.41) is 0. The van der Waals surface area contributed by atoms with Crippen molar-refractivity contribution in [3.05, 3.63) is 0 Å². The van der Waals surface area contributed by atoms with Crippen LogP contribution in [-0.2, 0) is 4.74 Å². The van der Waals surface area contributed by atoms with E-state index >= 15 is 0 Å². The second-order valence-corrected chi connectivity index (χ2v) is 6.59.